The molecule has 0 aliphatic carbocycles. The fourth-order valence-corrected chi connectivity index (χ4v) is 3.25. The zero-order chi connectivity index (χ0) is 16.5. The van der Waals surface area contributed by atoms with Crippen molar-refractivity contribution in [3.8, 4) is 0 Å². The van der Waals surface area contributed by atoms with Crippen molar-refractivity contribution < 1.29 is 9.53 Å². The van der Waals surface area contributed by atoms with Crippen molar-refractivity contribution >= 4 is 17.7 Å². The first-order chi connectivity index (χ1) is 11.2. The summed E-state index contributed by atoms with van der Waals surface area (Å²) in [6.07, 6.45) is -0.544. The smallest absolute Gasteiger partial charge is 0.253 e. The van der Waals surface area contributed by atoms with Gasteiger partial charge in [0.2, 0.25) is 0 Å². The lowest BCUT2D eigenvalue weighted by atomic mass is 10.1. The van der Waals surface area contributed by atoms with E-state index in [2.05, 4.69) is 36.5 Å². The third kappa shape index (κ3) is 5.41. The van der Waals surface area contributed by atoms with Gasteiger partial charge in [-0.15, -0.1) is 0 Å². The minimum atomic E-state index is -0.544. The van der Waals surface area contributed by atoms with Gasteiger partial charge >= 0.3 is 0 Å². The Balaban J connectivity index is 1.73. The highest BCUT2D eigenvalue weighted by Crippen LogP contribution is 2.17. The quantitative estimate of drug-likeness (QED) is 0.750. The number of nitrogens with one attached hydrogen (secondary N) is 1. The lowest BCUT2D eigenvalue weighted by Gasteiger charge is -2.15. The van der Waals surface area contributed by atoms with Crippen molar-refractivity contribution in [2.24, 2.45) is 0 Å². The van der Waals surface area contributed by atoms with Crippen molar-refractivity contribution in [2.45, 2.75) is 18.8 Å². The van der Waals surface area contributed by atoms with Gasteiger partial charge in [0.05, 0.1) is 0 Å². The summed E-state index contributed by atoms with van der Waals surface area (Å²) in [4.78, 5) is 12.2. The maximum absolute atomic E-state index is 12.2. The van der Waals surface area contributed by atoms with E-state index in [0.717, 1.165) is 17.1 Å². The van der Waals surface area contributed by atoms with Crippen LogP contribution in [0.4, 0.5) is 0 Å². The molecule has 0 radical (unpaired) electrons. The van der Waals surface area contributed by atoms with Crippen LogP contribution >= 0.6 is 11.8 Å². The molecular formula is C19H23NO2S. The molecule has 0 aromatic heterocycles. The van der Waals surface area contributed by atoms with Gasteiger partial charge in [-0.05, 0) is 23.6 Å². The number of amides is 1. The van der Waals surface area contributed by atoms with Crippen LogP contribution in [-0.4, -0.2) is 25.3 Å². The van der Waals surface area contributed by atoms with E-state index >= 15 is 0 Å². The Morgan fingerprint density at radius 3 is 2.52 bits per heavy atom. The van der Waals surface area contributed by atoms with Gasteiger partial charge in [0, 0.05) is 25.2 Å². The van der Waals surface area contributed by atoms with E-state index in [9.17, 15) is 4.79 Å². The normalized spacial score (nSPS) is 11.9. The predicted molar refractivity (Wildman–Crippen MR) is 96.5 cm³/mol. The lowest BCUT2D eigenvalue weighted by Crippen LogP contribution is -2.32. The highest BCUT2D eigenvalue weighted by atomic mass is 32.2. The summed E-state index contributed by atoms with van der Waals surface area (Å²) in [5, 5.41) is 2.95. The molecule has 3 nitrogen and oxygen atoms in total. The van der Waals surface area contributed by atoms with Crippen LogP contribution in [0.1, 0.15) is 22.8 Å². The number of aryl methyl sites for hydroxylation is 1. The van der Waals surface area contributed by atoms with Crippen LogP contribution in [0.5, 0.6) is 0 Å². The summed E-state index contributed by atoms with van der Waals surface area (Å²) < 4.78 is 5.32. The average molecular weight is 329 g/mol. The third-order valence-corrected chi connectivity index (χ3v) is 4.65. The van der Waals surface area contributed by atoms with Crippen LogP contribution in [0, 0.1) is 6.92 Å². The van der Waals surface area contributed by atoms with Crippen LogP contribution < -0.4 is 5.32 Å². The lowest BCUT2D eigenvalue weighted by molar-refractivity contribution is -0.131. The highest BCUT2D eigenvalue weighted by Gasteiger charge is 2.18. The van der Waals surface area contributed by atoms with E-state index in [1.807, 2.05) is 42.1 Å². The van der Waals surface area contributed by atoms with Gasteiger partial charge in [-0.25, -0.2) is 0 Å². The first-order valence-electron chi connectivity index (χ1n) is 7.70. The van der Waals surface area contributed by atoms with Gasteiger partial charge in [-0.2, -0.15) is 11.8 Å². The maximum Gasteiger partial charge on any atom is 0.253 e. The number of hydrogen-bond acceptors (Lipinski definition) is 3. The fraction of sp³-hybridized carbons (Fsp3) is 0.316. The zero-order valence-electron chi connectivity index (χ0n) is 13.6. The van der Waals surface area contributed by atoms with Gasteiger partial charge < -0.3 is 10.1 Å². The zero-order valence-corrected chi connectivity index (χ0v) is 14.4. The van der Waals surface area contributed by atoms with E-state index < -0.39 is 6.10 Å². The van der Waals surface area contributed by atoms with Crippen LogP contribution in [0.25, 0.3) is 0 Å². The van der Waals surface area contributed by atoms with Crippen molar-refractivity contribution in [3.05, 3.63) is 71.3 Å². The molecule has 2 aromatic carbocycles. The maximum atomic E-state index is 12.2. The molecule has 23 heavy (non-hydrogen) atoms. The number of benzene rings is 2. The molecule has 0 aliphatic rings. The second kappa shape index (κ2) is 9.38. The summed E-state index contributed by atoms with van der Waals surface area (Å²) in [6.45, 7) is 2.77. The Labute approximate surface area is 142 Å². The number of thioether (sulfide) groups is 1. The molecule has 0 saturated heterocycles. The van der Waals surface area contributed by atoms with Crippen LogP contribution in [0.2, 0.25) is 0 Å². The molecule has 2 aromatic rings. The Morgan fingerprint density at radius 1 is 1.13 bits per heavy atom. The van der Waals surface area contributed by atoms with E-state index in [0.29, 0.717) is 6.54 Å². The largest absolute Gasteiger partial charge is 0.367 e. The first kappa shape index (κ1) is 17.6. The van der Waals surface area contributed by atoms with Gasteiger partial charge in [0.15, 0.2) is 6.10 Å². The molecule has 0 bridgehead atoms. The molecule has 122 valence electrons. The highest BCUT2D eigenvalue weighted by molar-refractivity contribution is 7.98. The van der Waals surface area contributed by atoms with E-state index in [1.54, 1.807) is 7.11 Å². The molecule has 4 heteroatoms. The first-order valence-corrected chi connectivity index (χ1v) is 8.85. The second-order valence-corrected chi connectivity index (χ2v) is 6.40. The average Bonchev–Trinajstić information content (AvgIpc) is 2.58. The summed E-state index contributed by atoms with van der Waals surface area (Å²) >= 11 is 1.82. The number of rotatable bonds is 8. The van der Waals surface area contributed by atoms with Crippen molar-refractivity contribution in [1.82, 2.24) is 5.32 Å². The number of methoxy groups -OCH3 is 1. The Morgan fingerprint density at radius 2 is 1.83 bits per heavy atom. The second-order valence-electron chi connectivity index (χ2n) is 5.30. The molecule has 1 amide bonds. The summed E-state index contributed by atoms with van der Waals surface area (Å²) in [6, 6.07) is 17.9. The van der Waals surface area contributed by atoms with Crippen molar-refractivity contribution in [3.63, 3.8) is 0 Å². The molecule has 0 unspecified atom stereocenters. The topological polar surface area (TPSA) is 38.3 Å². The molecule has 0 fully saturated rings. The number of carbonyl (C=O) groups is 1. The molecule has 0 spiro atoms. The monoisotopic (exact) mass is 329 g/mol. The minimum absolute atomic E-state index is 0.0878. The Hall–Kier alpha value is -1.78. The molecular weight excluding hydrogens is 306 g/mol. The SMILES string of the molecule is CO[C@@H](C(=O)NCCSCc1ccccc1C)c1ccccc1. The molecule has 1 N–H and O–H groups in total. The molecule has 0 saturated carbocycles. The van der Waals surface area contributed by atoms with Gasteiger partial charge in [0.1, 0.15) is 0 Å². The minimum Gasteiger partial charge on any atom is -0.367 e. The standard InChI is InChI=1S/C19H23NO2S/c1-15-8-6-7-11-17(15)14-23-13-12-20-19(21)18(22-2)16-9-4-3-5-10-16/h3-11,18H,12-14H2,1-2H3,(H,20,21)/t18-/m1/s1. The number of carbonyl (C=O) groups excluding carboxylic acids is 1. The van der Waals surface area contributed by atoms with Crippen LogP contribution in [0.15, 0.2) is 54.6 Å². The van der Waals surface area contributed by atoms with E-state index in [1.165, 1.54) is 11.1 Å². The third-order valence-electron chi connectivity index (χ3n) is 3.64. The van der Waals surface area contributed by atoms with Gasteiger partial charge in [-0.3, -0.25) is 4.79 Å². The predicted octanol–water partition coefficient (Wildman–Crippen LogP) is 3.73. The number of hydrogen-bond donors (Lipinski definition) is 1. The molecule has 0 heterocycles. The van der Waals surface area contributed by atoms with Crippen LogP contribution in [0.3, 0.4) is 0 Å². The van der Waals surface area contributed by atoms with Gasteiger partial charge in [-0.1, -0.05) is 54.6 Å². The van der Waals surface area contributed by atoms with Gasteiger partial charge in [0.25, 0.3) is 5.91 Å². The van der Waals surface area contributed by atoms with E-state index in [4.69, 9.17) is 4.74 Å². The summed E-state index contributed by atoms with van der Waals surface area (Å²) in [7, 11) is 1.56. The summed E-state index contributed by atoms with van der Waals surface area (Å²) in [5.74, 6) is 1.76. The number of ether oxygens (including phenoxy) is 1. The fourth-order valence-electron chi connectivity index (χ4n) is 2.32. The Bertz CT molecular complexity index is 616. The summed E-state index contributed by atoms with van der Waals surface area (Å²) in [5.41, 5.74) is 3.54. The van der Waals surface area contributed by atoms with Crippen molar-refractivity contribution in [1.29, 1.82) is 0 Å². The van der Waals surface area contributed by atoms with E-state index in [-0.39, 0.29) is 5.91 Å². The van der Waals surface area contributed by atoms with Crippen LogP contribution in [-0.2, 0) is 15.3 Å². The van der Waals surface area contributed by atoms with Crippen molar-refractivity contribution in [2.75, 3.05) is 19.4 Å². The molecule has 0 aliphatic heterocycles. The molecule has 2 rings (SSSR count). The molecule has 1 atom stereocenters. The Kier molecular flexibility index (Phi) is 7.17.